The Morgan fingerprint density at radius 2 is 1.77 bits per heavy atom. The number of aliphatic imine (C=N–C) groups is 1. The molecule has 0 aromatic heterocycles. The molecule has 1 heterocycles. The lowest BCUT2D eigenvalue weighted by Gasteiger charge is -2.36. The zero-order chi connectivity index (χ0) is 18.6. The Balaban J connectivity index is 1.61. The Hall–Kier alpha value is -0.810. The zero-order valence-corrected chi connectivity index (χ0v) is 17.6. The molecular weight excluding hydrogens is 322 g/mol. The van der Waals surface area contributed by atoms with Crippen LogP contribution in [0.15, 0.2) is 4.99 Å². The molecule has 2 aliphatic rings. The van der Waals surface area contributed by atoms with Crippen molar-refractivity contribution >= 4 is 5.96 Å². The molecule has 0 atom stereocenters. The maximum Gasteiger partial charge on any atom is 0.191 e. The molecule has 0 amide bonds. The Kier molecular flexibility index (Phi) is 10.4. The number of guanidine groups is 1. The SMILES string of the molecule is CCCN(CC)CCNC(=NC)NC1CCN(CC2CCCCC2)CC1. The van der Waals surface area contributed by atoms with Gasteiger partial charge in [0.05, 0.1) is 0 Å². The minimum Gasteiger partial charge on any atom is -0.355 e. The molecular formula is C21H43N5. The van der Waals surface area contributed by atoms with Crippen LogP contribution in [0.25, 0.3) is 0 Å². The van der Waals surface area contributed by atoms with E-state index in [0.29, 0.717) is 6.04 Å². The second kappa shape index (κ2) is 12.6. The standard InChI is InChI=1S/C21H43N5/c1-4-14-25(5-2)17-13-23-21(22-3)24-20-11-15-26(16-12-20)18-19-9-7-6-8-10-19/h19-20H,4-18H2,1-3H3,(H2,22,23,24). The summed E-state index contributed by atoms with van der Waals surface area (Å²) in [6.07, 6.45) is 11.0. The number of likely N-dealkylation sites (tertiary alicyclic amines) is 1. The van der Waals surface area contributed by atoms with E-state index < -0.39 is 0 Å². The minimum atomic E-state index is 0.571. The van der Waals surface area contributed by atoms with E-state index in [-0.39, 0.29) is 0 Å². The molecule has 26 heavy (non-hydrogen) atoms. The van der Waals surface area contributed by atoms with Gasteiger partial charge in [-0.2, -0.15) is 0 Å². The van der Waals surface area contributed by atoms with Crippen molar-refractivity contribution in [1.29, 1.82) is 0 Å². The summed E-state index contributed by atoms with van der Waals surface area (Å²) in [5.74, 6) is 1.94. The molecule has 0 unspecified atom stereocenters. The number of hydrogen-bond donors (Lipinski definition) is 2. The monoisotopic (exact) mass is 365 g/mol. The molecule has 0 aromatic carbocycles. The average Bonchev–Trinajstić information content (AvgIpc) is 2.68. The van der Waals surface area contributed by atoms with E-state index in [1.165, 1.54) is 77.5 Å². The third-order valence-electron chi connectivity index (χ3n) is 6.10. The summed E-state index contributed by atoms with van der Waals surface area (Å²) in [6, 6.07) is 0.571. The number of piperidine rings is 1. The summed E-state index contributed by atoms with van der Waals surface area (Å²) < 4.78 is 0. The van der Waals surface area contributed by atoms with Crippen molar-refractivity contribution in [3.63, 3.8) is 0 Å². The second-order valence-corrected chi connectivity index (χ2v) is 8.16. The van der Waals surface area contributed by atoms with E-state index in [2.05, 4.69) is 39.3 Å². The first-order valence-corrected chi connectivity index (χ1v) is 11.2. The van der Waals surface area contributed by atoms with Gasteiger partial charge >= 0.3 is 0 Å². The van der Waals surface area contributed by atoms with Crippen molar-refractivity contribution in [1.82, 2.24) is 20.4 Å². The highest BCUT2D eigenvalue weighted by Crippen LogP contribution is 2.25. The van der Waals surface area contributed by atoms with Crippen molar-refractivity contribution in [3.8, 4) is 0 Å². The number of nitrogens with zero attached hydrogens (tertiary/aromatic N) is 3. The predicted octanol–water partition coefficient (Wildman–Crippen LogP) is 2.93. The normalized spacial score (nSPS) is 21.3. The largest absolute Gasteiger partial charge is 0.355 e. The van der Waals surface area contributed by atoms with Crippen LogP contribution in [-0.4, -0.2) is 74.7 Å². The van der Waals surface area contributed by atoms with E-state index >= 15 is 0 Å². The number of nitrogens with one attached hydrogen (secondary N) is 2. The van der Waals surface area contributed by atoms with Gasteiger partial charge in [0.25, 0.3) is 0 Å². The molecule has 0 radical (unpaired) electrons. The molecule has 0 spiro atoms. The lowest BCUT2D eigenvalue weighted by molar-refractivity contribution is 0.160. The Bertz CT molecular complexity index is 384. The van der Waals surface area contributed by atoms with Gasteiger partial charge in [0.15, 0.2) is 5.96 Å². The molecule has 1 aliphatic carbocycles. The molecule has 1 saturated heterocycles. The van der Waals surface area contributed by atoms with Crippen LogP contribution in [0.3, 0.4) is 0 Å². The van der Waals surface area contributed by atoms with Gasteiger partial charge in [-0.3, -0.25) is 4.99 Å². The van der Waals surface area contributed by atoms with Gasteiger partial charge in [-0.05, 0) is 51.1 Å². The number of likely N-dealkylation sites (N-methyl/N-ethyl adjacent to an activating group) is 1. The van der Waals surface area contributed by atoms with Gasteiger partial charge in [0.2, 0.25) is 0 Å². The van der Waals surface area contributed by atoms with E-state index in [1.807, 2.05) is 7.05 Å². The van der Waals surface area contributed by atoms with E-state index in [0.717, 1.165) is 31.5 Å². The molecule has 2 rings (SSSR count). The Morgan fingerprint density at radius 3 is 2.38 bits per heavy atom. The highest BCUT2D eigenvalue weighted by Gasteiger charge is 2.23. The number of hydrogen-bond acceptors (Lipinski definition) is 3. The van der Waals surface area contributed by atoms with Crippen LogP contribution >= 0.6 is 0 Å². The summed E-state index contributed by atoms with van der Waals surface area (Å²) in [5.41, 5.74) is 0. The van der Waals surface area contributed by atoms with Gasteiger partial charge < -0.3 is 20.4 Å². The molecule has 5 nitrogen and oxygen atoms in total. The molecule has 1 saturated carbocycles. The van der Waals surface area contributed by atoms with Crippen molar-refractivity contribution in [2.24, 2.45) is 10.9 Å². The second-order valence-electron chi connectivity index (χ2n) is 8.16. The maximum atomic E-state index is 4.43. The van der Waals surface area contributed by atoms with Crippen molar-refractivity contribution in [2.45, 2.75) is 71.3 Å². The van der Waals surface area contributed by atoms with Crippen molar-refractivity contribution in [3.05, 3.63) is 0 Å². The van der Waals surface area contributed by atoms with Gasteiger partial charge in [0, 0.05) is 45.8 Å². The molecule has 1 aliphatic heterocycles. The molecule has 2 fully saturated rings. The van der Waals surface area contributed by atoms with Gasteiger partial charge in [-0.15, -0.1) is 0 Å². The molecule has 152 valence electrons. The Labute approximate surface area is 162 Å². The predicted molar refractivity (Wildman–Crippen MR) is 113 cm³/mol. The third kappa shape index (κ3) is 7.83. The third-order valence-corrected chi connectivity index (χ3v) is 6.10. The summed E-state index contributed by atoms with van der Waals surface area (Å²) in [7, 11) is 1.89. The minimum absolute atomic E-state index is 0.571. The molecule has 0 bridgehead atoms. The highest BCUT2D eigenvalue weighted by molar-refractivity contribution is 5.79. The van der Waals surface area contributed by atoms with E-state index in [1.54, 1.807) is 0 Å². The summed E-state index contributed by atoms with van der Waals surface area (Å²) >= 11 is 0. The van der Waals surface area contributed by atoms with Gasteiger partial charge in [-0.1, -0.05) is 33.1 Å². The zero-order valence-electron chi connectivity index (χ0n) is 17.6. The van der Waals surface area contributed by atoms with Crippen LogP contribution in [0, 0.1) is 5.92 Å². The van der Waals surface area contributed by atoms with Crippen LogP contribution in [0.5, 0.6) is 0 Å². The lowest BCUT2D eigenvalue weighted by atomic mass is 9.88. The van der Waals surface area contributed by atoms with E-state index in [4.69, 9.17) is 0 Å². The quantitative estimate of drug-likeness (QED) is 0.487. The first-order chi connectivity index (χ1) is 12.7. The van der Waals surface area contributed by atoms with Crippen LogP contribution in [0.2, 0.25) is 0 Å². The fourth-order valence-electron chi connectivity index (χ4n) is 4.46. The van der Waals surface area contributed by atoms with Crippen LogP contribution in [0.4, 0.5) is 0 Å². The topological polar surface area (TPSA) is 42.9 Å². The van der Waals surface area contributed by atoms with Gasteiger partial charge in [0.1, 0.15) is 0 Å². The number of rotatable bonds is 9. The first-order valence-electron chi connectivity index (χ1n) is 11.2. The lowest BCUT2D eigenvalue weighted by Crippen LogP contribution is -2.50. The summed E-state index contributed by atoms with van der Waals surface area (Å²) in [6.45, 7) is 12.7. The van der Waals surface area contributed by atoms with Crippen LogP contribution in [0.1, 0.15) is 65.2 Å². The molecule has 0 aromatic rings. The smallest absolute Gasteiger partial charge is 0.191 e. The fourth-order valence-corrected chi connectivity index (χ4v) is 4.46. The molecule has 2 N–H and O–H groups in total. The summed E-state index contributed by atoms with van der Waals surface area (Å²) in [5, 5.41) is 7.15. The maximum absolute atomic E-state index is 4.43. The summed E-state index contributed by atoms with van der Waals surface area (Å²) in [4.78, 5) is 9.62. The van der Waals surface area contributed by atoms with Crippen LogP contribution in [-0.2, 0) is 0 Å². The van der Waals surface area contributed by atoms with Crippen molar-refractivity contribution in [2.75, 3.05) is 52.9 Å². The fraction of sp³-hybridized carbons (Fsp3) is 0.952. The first kappa shape index (κ1) is 21.5. The van der Waals surface area contributed by atoms with Gasteiger partial charge in [-0.25, -0.2) is 0 Å². The van der Waals surface area contributed by atoms with E-state index in [9.17, 15) is 0 Å². The molecule has 5 heteroatoms. The highest BCUT2D eigenvalue weighted by atomic mass is 15.2. The average molecular weight is 366 g/mol. The van der Waals surface area contributed by atoms with Crippen molar-refractivity contribution < 1.29 is 0 Å². The Morgan fingerprint density at radius 1 is 1.04 bits per heavy atom. The van der Waals surface area contributed by atoms with Crippen LogP contribution < -0.4 is 10.6 Å².